The average Bonchev–Trinajstić information content (AvgIpc) is 2.38. The van der Waals surface area contributed by atoms with Crippen molar-refractivity contribution in [3.05, 3.63) is 45.4 Å². The molecule has 0 aliphatic carbocycles. The lowest BCUT2D eigenvalue weighted by molar-refractivity contribution is -0.387. The minimum Gasteiger partial charge on any atom is -0.345 e. The Balaban J connectivity index is 3.16. The molecule has 1 N–H and O–H groups in total. The molecule has 0 heterocycles. The number of hydrogen-bond acceptors (Lipinski definition) is 6. The molecule has 0 amide bonds. The second-order valence-corrected chi connectivity index (χ2v) is 3.13. The molecule has 0 aliphatic heterocycles. The first-order chi connectivity index (χ1) is 9.03. The molecule has 1 aromatic rings. The molecule has 0 fully saturated rings. The zero-order valence-electron chi connectivity index (χ0n) is 9.22. The van der Waals surface area contributed by atoms with Crippen LogP contribution in [0.4, 0.5) is 15.8 Å². The molecule has 0 atom stereocenters. The number of anilines is 1. The summed E-state index contributed by atoms with van der Waals surface area (Å²) in [5.74, 6) is -1.09. The molecule has 7 nitrogen and oxygen atoms in total. The standard InChI is InChI=1S/C11H4FN5O2/c12-9-3-8(1-2-11(9)17(18)19)16-10(6-15)7(4-13)5-14/h1-3,16H. The highest BCUT2D eigenvalue weighted by Crippen LogP contribution is 2.22. The maximum atomic E-state index is 13.3. The third kappa shape index (κ3) is 3.02. The van der Waals surface area contributed by atoms with Crippen molar-refractivity contribution in [2.24, 2.45) is 0 Å². The lowest BCUT2D eigenvalue weighted by Crippen LogP contribution is -2.02. The highest BCUT2D eigenvalue weighted by atomic mass is 19.1. The maximum absolute atomic E-state index is 13.3. The number of nitriles is 3. The van der Waals surface area contributed by atoms with Crippen molar-refractivity contribution < 1.29 is 9.31 Å². The van der Waals surface area contributed by atoms with Crippen LogP contribution in [0.1, 0.15) is 0 Å². The number of rotatable bonds is 3. The zero-order chi connectivity index (χ0) is 14.4. The van der Waals surface area contributed by atoms with Crippen LogP contribution in [-0.2, 0) is 0 Å². The van der Waals surface area contributed by atoms with Gasteiger partial charge in [-0.3, -0.25) is 10.1 Å². The number of benzene rings is 1. The lowest BCUT2D eigenvalue weighted by Gasteiger charge is -2.04. The normalized spacial score (nSPS) is 8.53. The van der Waals surface area contributed by atoms with Crippen molar-refractivity contribution in [3.63, 3.8) is 0 Å². The molecule has 0 saturated carbocycles. The SMILES string of the molecule is N#CC(C#N)=C(C#N)Nc1ccc([N+](=O)[O-])c(F)c1. The first kappa shape index (κ1) is 13.6. The molecule has 0 bridgehead atoms. The Bertz CT molecular complexity index is 675. The highest BCUT2D eigenvalue weighted by molar-refractivity contribution is 5.59. The number of halogens is 1. The molecule has 0 aliphatic rings. The fraction of sp³-hybridized carbons (Fsp3) is 0. The van der Waals surface area contributed by atoms with Crippen molar-refractivity contribution in [1.82, 2.24) is 0 Å². The molecular formula is C11H4FN5O2. The molecule has 19 heavy (non-hydrogen) atoms. The third-order valence-corrected chi connectivity index (χ3v) is 2.00. The molecule has 0 saturated heterocycles. The second-order valence-electron chi connectivity index (χ2n) is 3.13. The van der Waals surface area contributed by atoms with E-state index in [1.54, 1.807) is 6.07 Å². The van der Waals surface area contributed by atoms with Gasteiger partial charge in [-0.1, -0.05) is 0 Å². The Labute approximate surface area is 106 Å². The topological polar surface area (TPSA) is 127 Å². The molecule has 1 rings (SSSR count). The lowest BCUT2D eigenvalue weighted by atomic mass is 10.2. The Kier molecular flexibility index (Phi) is 4.13. The van der Waals surface area contributed by atoms with Crippen LogP contribution in [0.25, 0.3) is 0 Å². The fourth-order valence-electron chi connectivity index (χ4n) is 1.16. The van der Waals surface area contributed by atoms with Crippen molar-refractivity contribution in [2.75, 3.05) is 5.32 Å². The smallest absolute Gasteiger partial charge is 0.304 e. The van der Waals surface area contributed by atoms with Crippen LogP contribution < -0.4 is 5.32 Å². The van der Waals surface area contributed by atoms with Gasteiger partial charge in [-0.15, -0.1) is 0 Å². The van der Waals surface area contributed by atoms with Crippen molar-refractivity contribution >= 4 is 11.4 Å². The monoisotopic (exact) mass is 257 g/mol. The second kappa shape index (κ2) is 5.76. The quantitative estimate of drug-likeness (QED) is 0.501. The van der Waals surface area contributed by atoms with Crippen molar-refractivity contribution in [3.8, 4) is 18.2 Å². The minimum absolute atomic E-state index is 0.0163. The van der Waals surface area contributed by atoms with Gasteiger partial charge in [-0.05, 0) is 6.07 Å². The molecule has 0 radical (unpaired) electrons. The fourth-order valence-corrected chi connectivity index (χ4v) is 1.16. The highest BCUT2D eigenvalue weighted by Gasteiger charge is 2.14. The van der Waals surface area contributed by atoms with Gasteiger partial charge in [0.1, 0.15) is 23.9 Å². The van der Waals surface area contributed by atoms with E-state index in [0.29, 0.717) is 0 Å². The molecule has 0 spiro atoms. The van der Waals surface area contributed by atoms with Crippen molar-refractivity contribution in [2.45, 2.75) is 0 Å². The summed E-state index contributed by atoms with van der Waals surface area (Å²) >= 11 is 0. The van der Waals surface area contributed by atoms with E-state index >= 15 is 0 Å². The summed E-state index contributed by atoms with van der Waals surface area (Å²) in [6.07, 6.45) is 0. The van der Waals surface area contributed by atoms with Crippen LogP contribution in [0.2, 0.25) is 0 Å². The third-order valence-electron chi connectivity index (χ3n) is 2.00. The van der Waals surface area contributed by atoms with E-state index in [2.05, 4.69) is 5.32 Å². The van der Waals surface area contributed by atoms with E-state index in [-0.39, 0.29) is 11.4 Å². The van der Waals surface area contributed by atoms with Crippen LogP contribution in [0, 0.1) is 49.9 Å². The van der Waals surface area contributed by atoms with Gasteiger partial charge < -0.3 is 5.32 Å². The van der Waals surface area contributed by atoms with Crippen LogP contribution in [-0.4, -0.2) is 4.92 Å². The minimum atomic E-state index is -1.09. The Morgan fingerprint density at radius 3 is 2.32 bits per heavy atom. The van der Waals surface area contributed by atoms with Crippen LogP contribution in [0.3, 0.4) is 0 Å². The Morgan fingerprint density at radius 2 is 1.89 bits per heavy atom. The van der Waals surface area contributed by atoms with Gasteiger partial charge in [-0.25, -0.2) is 0 Å². The summed E-state index contributed by atoms with van der Waals surface area (Å²) < 4.78 is 13.3. The number of nitrogens with zero attached hydrogens (tertiary/aromatic N) is 4. The van der Waals surface area contributed by atoms with Crippen molar-refractivity contribution in [1.29, 1.82) is 15.8 Å². The summed E-state index contributed by atoms with van der Waals surface area (Å²) in [4.78, 5) is 9.52. The molecule has 92 valence electrons. The van der Waals surface area contributed by atoms with Gasteiger partial charge in [0, 0.05) is 17.8 Å². The van der Waals surface area contributed by atoms with E-state index in [1.807, 2.05) is 0 Å². The van der Waals surface area contributed by atoms with E-state index in [4.69, 9.17) is 15.8 Å². The van der Waals surface area contributed by atoms with Gasteiger partial charge in [-0.2, -0.15) is 20.2 Å². The summed E-state index contributed by atoms with van der Waals surface area (Å²) in [5, 5.41) is 38.7. The predicted octanol–water partition coefficient (Wildman–Crippen LogP) is 1.97. The number of hydrogen-bond donors (Lipinski definition) is 1. The van der Waals surface area contributed by atoms with Gasteiger partial charge >= 0.3 is 5.69 Å². The van der Waals surface area contributed by atoms with E-state index in [1.165, 1.54) is 12.1 Å². The summed E-state index contributed by atoms with van der Waals surface area (Å²) in [5.41, 5.74) is -1.53. The van der Waals surface area contributed by atoms with E-state index < -0.39 is 22.0 Å². The number of nitro benzene ring substituents is 1. The molecule has 0 aromatic heterocycles. The first-order valence-electron chi connectivity index (χ1n) is 4.69. The van der Waals surface area contributed by atoms with E-state index in [0.717, 1.165) is 18.2 Å². The molecule has 1 aromatic carbocycles. The Morgan fingerprint density at radius 1 is 1.26 bits per heavy atom. The summed E-state index contributed by atoms with van der Waals surface area (Å²) in [6, 6.07) is 7.43. The zero-order valence-corrected chi connectivity index (χ0v) is 9.22. The van der Waals surface area contributed by atoms with E-state index in [9.17, 15) is 14.5 Å². The van der Waals surface area contributed by atoms with Gasteiger partial charge in [0.05, 0.1) is 4.92 Å². The number of allylic oxidation sites excluding steroid dienone is 2. The van der Waals surface area contributed by atoms with Crippen LogP contribution in [0.5, 0.6) is 0 Å². The number of nitrogens with one attached hydrogen (secondary N) is 1. The largest absolute Gasteiger partial charge is 0.345 e. The molecular weight excluding hydrogens is 253 g/mol. The Hall–Kier alpha value is -3.44. The molecule has 8 heteroatoms. The van der Waals surface area contributed by atoms with Gasteiger partial charge in [0.25, 0.3) is 0 Å². The summed E-state index contributed by atoms with van der Waals surface area (Å²) in [6.45, 7) is 0. The van der Waals surface area contributed by atoms with Crippen LogP contribution >= 0.6 is 0 Å². The predicted molar refractivity (Wildman–Crippen MR) is 60.5 cm³/mol. The first-order valence-corrected chi connectivity index (χ1v) is 4.69. The summed E-state index contributed by atoms with van der Waals surface area (Å²) in [7, 11) is 0. The van der Waals surface area contributed by atoms with Crippen LogP contribution in [0.15, 0.2) is 29.5 Å². The maximum Gasteiger partial charge on any atom is 0.304 e. The number of nitro groups is 1. The van der Waals surface area contributed by atoms with Gasteiger partial charge in [0.15, 0.2) is 5.57 Å². The average molecular weight is 257 g/mol. The van der Waals surface area contributed by atoms with Gasteiger partial charge in [0.2, 0.25) is 5.82 Å². The molecule has 0 unspecified atom stereocenters.